The summed E-state index contributed by atoms with van der Waals surface area (Å²) in [6.07, 6.45) is 0. The van der Waals surface area contributed by atoms with Gasteiger partial charge in [-0.05, 0) is 94.3 Å². The Morgan fingerprint density at radius 1 is 0.259 bits per heavy atom. The monoisotopic (exact) mass is 742 g/mol. The van der Waals surface area contributed by atoms with E-state index in [-0.39, 0.29) is 0 Å². The van der Waals surface area contributed by atoms with Crippen molar-refractivity contribution >= 4 is 110 Å². The fraction of sp³-hybridized carbons (Fsp3) is 0. The van der Waals surface area contributed by atoms with Gasteiger partial charge in [0.1, 0.15) is 22.3 Å². The van der Waals surface area contributed by atoms with Crippen LogP contribution in [-0.4, -0.2) is 0 Å². The fourth-order valence-corrected chi connectivity index (χ4v) is 9.02. The van der Waals surface area contributed by atoms with Crippen LogP contribution in [0.3, 0.4) is 0 Å². The van der Waals surface area contributed by atoms with E-state index in [1.54, 1.807) is 0 Å². The molecule has 2 heterocycles. The maximum absolute atomic E-state index is 6.41. The van der Waals surface area contributed by atoms with Crippen molar-refractivity contribution in [2.75, 3.05) is 9.80 Å². The molecule has 10 aromatic carbocycles. The summed E-state index contributed by atoms with van der Waals surface area (Å²) >= 11 is 0. The highest BCUT2D eigenvalue weighted by Gasteiger charge is 2.21. The van der Waals surface area contributed by atoms with Crippen LogP contribution < -0.4 is 9.80 Å². The molecule has 2 aromatic heterocycles. The molecule has 0 spiro atoms. The van der Waals surface area contributed by atoms with Gasteiger partial charge in [0.25, 0.3) is 0 Å². The van der Waals surface area contributed by atoms with E-state index in [2.05, 4.69) is 192 Å². The number of anilines is 6. The predicted molar refractivity (Wildman–Crippen MR) is 243 cm³/mol. The van der Waals surface area contributed by atoms with Crippen LogP contribution in [-0.2, 0) is 0 Å². The number of rotatable bonds is 6. The van der Waals surface area contributed by atoms with Gasteiger partial charge in [0.2, 0.25) is 0 Å². The summed E-state index contributed by atoms with van der Waals surface area (Å²) in [5.74, 6) is 0. The Morgan fingerprint density at radius 2 is 0.707 bits per heavy atom. The third-order valence-electron chi connectivity index (χ3n) is 11.6. The van der Waals surface area contributed by atoms with Gasteiger partial charge in [0.05, 0.1) is 11.4 Å². The summed E-state index contributed by atoms with van der Waals surface area (Å²) < 4.78 is 12.8. The van der Waals surface area contributed by atoms with Crippen molar-refractivity contribution in [2.45, 2.75) is 0 Å². The second kappa shape index (κ2) is 12.9. The van der Waals surface area contributed by atoms with Crippen LogP contribution in [0.15, 0.2) is 215 Å². The highest BCUT2D eigenvalue weighted by molar-refractivity contribution is 6.23. The average Bonchev–Trinajstić information content (AvgIpc) is 3.85. The summed E-state index contributed by atoms with van der Waals surface area (Å²) in [5, 5.41) is 11.6. The van der Waals surface area contributed by atoms with Gasteiger partial charge in [0, 0.05) is 67.2 Å². The zero-order chi connectivity index (χ0) is 38.2. The minimum atomic E-state index is 0.866. The van der Waals surface area contributed by atoms with Crippen molar-refractivity contribution in [1.29, 1.82) is 0 Å². The van der Waals surface area contributed by atoms with Gasteiger partial charge in [0.15, 0.2) is 0 Å². The molecule has 58 heavy (non-hydrogen) atoms. The standard InChI is InChI=1S/C54H34N2O2/c1-3-14-36(15-4-1)55(38-26-29-45-43-18-7-9-23-50(43)57-52(45)33-38)48-21-12-20-40-41-28-25-35-13-11-22-49(54(35)47(41)32-31-42(40)48)56(37-16-5-2-6-17-37)39-27-30-46-44-19-8-10-24-51(44)58-53(46)34-39/h1-34H. The molecule has 0 amide bonds. The van der Waals surface area contributed by atoms with E-state index in [1.165, 1.54) is 26.9 Å². The zero-order valence-electron chi connectivity index (χ0n) is 31.3. The predicted octanol–water partition coefficient (Wildman–Crippen LogP) is 15.9. The quantitative estimate of drug-likeness (QED) is 0.159. The molecule has 4 heteroatoms. The number of hydrogen-bond donors (Lipinski definition) is 0. The van der Waals surface area contributed by atoms with E-state index in [9.17, 15) is 0 Å². The molecule has 4 nitrogen and oxygen atoms in total. The third-order valence-corrected chi connectivity index (χ3v) is 11.6. The van der Waals surface area contributed by atoms with Crippen LogP contribution >= 0.6 is 0 Å². The molecule has 0 fully saturated rings. The molecule has 272 valence electrons. The zero-order valence-corrected chi connectivity index (χ0v) is 31.3. The molecular weight excluding hydrogens is 709 g/mol. The molecule has 0 aliphatic heterocycles. The largest absolute Gasteiger partial charge is 0.456 e. The SMILES string of the molecule is c1ccc(N(c2ccc3c(c2)oc2ccccc23)c2cccc3c2ccc2c3ccc3cccc(N(c4ccccc4)c4ccc5c(c4)oc4ccccc45)c32)cc1. The van der Waals surface area contributed by atoms with Crippen molar-refractivity contribution in [1.82, 2.24) is 0 Å². The molecule has 0 N–H and O–H groups in total. The lowest BCUT2D eigenvalue weighted by molar-refractivity contribution is 0.668. The van der Waals surface area contributed by atoms with E-state index < -0.39 is 0 Å². The summed E-state index contributed by atoms with van der Waals surface area (Å²) in [7, 11) is 0. The number of hydrogen-bond acceptors (Lipinski definition) is 4. The first-order chi connectivity index (χ1) is 28.8. The van der Waals surface area contributed by atoms with Crippen LogP contribution in [0.25, 0.3) is 76.2 Å². The van der Waals surface area contributed by atoms with Crippen molar-refractivity contribution in [3.05, 3.63) is 206 Å². The van der Waals surface area contributed by atoms with Crippen LogP contribution in [0.4, 0.5) is 34.1 Å². The Balaban J connectivity index is 1.07. The lowest BCUT2D eigenvalue weighted by atomic mass is 9.94. The van der Waals surface area contributed by atoms with Crippen molar-refractivity contribution in [3.8, 4) is 0 Å². The molecular formula is C54H34N2O2. The van der Waals surface area contributed by atoms with E-state index >= 15 is 0 Å². The lowest BCUT2D eigenvalue weighted by Crippen LogP contribution is -2.10. The van der Waals surface area contributed by atoms with Crippen LogP contribution in [0, 0.1) is 0 Å². The smallest absolute Gasteiger partial charge is 0.137 e. The van der Waals surface area contributed by atoms with E-state index in [1.807, 2.05) is 24.3 Å². The lowest BCUT2D eigenvalue weighted by Gasteiger charge is -2.28. The summed E-state index contributed by atoms with van der Waals surface area (Å²) in [6.45, 7) is 0. The summed E-state index contributed by atoms with van der Waals surface area (Å²) in [4.78, 5) is 4.71. The Hall–Kier alpha value is -7.82. The summed E-state index contributed by atoms with van der Waals surface area (Å²) in [6, 6.07) is 73.3. The minimum absolute atomic E-state index is 0.866. The molecule has 12 rings (SSSR count). The van der Waals surface area contributed by atoms with Gasteiger partial charge >= 0.3 is 0 Å². The maximum Gasteiger partial charge on any atom is 0.137 e. The topological polar surface area (TPSA) is 32.8 Å². The fourth-order valence-electron chi connectivity index (χ4n) is 9.02. The average molecular weight is 743 g/mol. The molecule has 0 atom stereocenters. The van der Waals surface area contributed by atoms with Crippen molar-refractivity contribution in [2.24, 2.45) is 0 Å². The van der Waals surface area contributed by atoms with Gasteiger partial charge in [-0.25, -0.2) is 0 Å². The van der Waals surface area contributed by atoms with Gasteiger partial charge in [-0.3, -0.25) is 0 Å². The molecule has 0 saturated carbocycles. The normalized spacial score (nSPS) is 11.8. The third kappa shape index (κ3) is 5.02. The van der Waals surface area contributed by atoms with E-state index in [0.717, 1.165) is 83.4 Å². The number of nitrogens with zero attached hydrogens (tertiary/aromatic N) is 2. The van der Waals surface area contributed by atoms with Gasteiger partial charge < -0.3 is 18.6 Å². The van der Waals surface area contributed by atoms with Gasteiger partial charge in [-0.15, -0.1) is 0 Å². The second-order valence-electron chi connectivity index (χ2n) is 14.9. The van der Waals surface area contributed by atoms with E-state index in [4.69, 9.17) is 8.83 Å². The molecule has 0 radical (unpaired) electrons. The number of furan rings is 2. The van der Waals surface area contributed by atoms with Crippen LogP contribution in [0.5, 0.6) is 0 Å². The molecule has 0 saturated heterocycles. The Kier molecular flexibility index (Phi) is 7.20. The van der Waals surface area contributed by atoms with Crippen molar-refractivity contribution < 1.29 is 8.83 Å². The number of para-hydroxylation sites is 4. The van der Waals surface area contributed by atoms with Gasteiger partial charge in [-0.1, -0.05) is 121 Å². The highest BCUT2D eigenvalue weighted by atomic mass is 16.3. The first-order valence-corrected chi connectivity index (χ1v) is 19.7. The highest BCUT2D eigenvalue weighted by Crippen LogP contribution is 2.46. The molecule has 0 unspecified atom stereocenters. The Bertz CT molecular complexity index is 3530. The first-order valence-electron chi connectivity index (χ1n) is 19.7. The first kappa shape index (κ1) is 32.4. The van der Waals surface area contributed by atoms with Crippen LogP contribution in [0.2, 0.25) is 0 Å². The number of benzene rings is 10. The molecule has 0 aliphatic carbocycles. The van der Waals surface area contributed by atoms with E-state index in [0.29, 0.717) is 0 Å². The Labute approximate surface area is 334 Å². The summed E-state index contributed by atoms with van der Waals surface area (Å²) in [5.41, 5.74) is 9.93. The minimum Gasteiger partial charge on any atom is -0.456 e. The van der Waals surface area contributed by atoms with Crippen LogP contribution in [0.1, 0.15) is 0 Å². The maximum atomic E-state index is 6.41. The Morgan fingerprint density at radius 3 is 1.34 bits per heavy atom. The molecule has 0 bridgehead atoms. The second-order valence-corrected chi connectivity index (χ2v) is 14.9. The number of fused-ring (bicyclic) bond motifs is 11. The molecule has 12 aromatic rings. The van der Waals surface area contributed by atoms with Crippen molar-refractivity contribution in [3.63, 3.8) is 0 Å². The molecule has 0 aliphatic rings. The van der Waals surface area contributed by atoms with Gasteiger partial charge in [-0.2, -0.15) is 0 Å².